The van der Waals surface area contributed by atoms with E-state index in [0.717, 1.165) is 44.5 Å². The van der Waals surface area contributed by atoms with Crippen molar-refractivity contribution in [2.24, 2.45) is 0 Å². The van der Waals surface area contributed by atoms with Crippen molar-refractivity contribution < 1.29 is 32.2 Å². The minimum Gasteiger partial charge on any atom is -0.444 e. The van der Waals surface area contributed by atoms with Crippen LogP contribution in [0.4, 0.5) is 23.7 Å². The van der Waals surface area contributed by atoms with Gasteiger partial charge >= 0.3 is 12.3 Å². The van der Waals surface area contributed by atoms with Gasteiger partial charge in [-0.05, 0) is 63.4 Å². The van der Waals surface area contributed by atoms with E-state index in [1.54, 1.807) is 25.3 Å². The maximum Gasteiger partial charge on any atom is 0.416 e. The maximum absolute atomic E-state index is 14.4. The van der Waals surface area contributed by atoms with Crippen LogP contribution in [0.3, 0.4) is 0 Å². The minimum absolute atomic E-state index is 0.0175. The summed E-state index contributed by atoms with van der Waals surface area (Å²) in [5.74, 6) is -0.266. The molecule has 17 heteroatoms. The second-order valence-electron chi connectivity index (χ2n) is 12.7. The van der Waals surface area contributed by atoms with Crippen molar-refractivity contribution >= 4 is 46.4 Å². The fourth-order valence-electron chi connectivity index (χ4n) is 5.99. The predicted molar refractivity (Wildman–Crippen MR) is 177 cm³/mol. The Morgan fingerprint density at radius 2 is 2.00 bits per heavy atom. The van der Waals surface area contributed by atoms with E-state index in [1.807, 2.05) is 13.0 Å². The van der Waals surface area contributed by atoms with Gasteiger partial charge in [-0.2, -0.15) is 22.7 Å². The number of thiophene rings is 1. The van der Waals surface area contributed by atoms with Crippen LogP contribution in [0.15, 0.2) is 29.1 Å². The first-order valence-corrected chi connectivity index (χ1v) is 16.9. The molecule has 1 saturated heterocycles. The lowest BCUT2D eigenvalue weighted by Crippen LogP contribution is -2.52. The highest BCUT2D eigenvalue weighted by Gasteiger charge is 2.37. The van der Waals surface area contributed by atoms with E-state index in [4.69, 9.17) is 26.1 Å². The van der Waals surface area contributed by atoms with E-state index in [1.165, 1.54) is 16.2 Å². The van der Waals surface area contributed by atoms with E-state index in [2.05, 4.69) is 15.7 Å². The van der Waals surface area contributed by atoms with Crippen LogP contribution in [0.5, 0.6) is 0 Å². The molecular weight excluding hydrogens is 687 g/mol. The monoisotopic (exact) mass is 721 g/mol. The molecule has 1 atom stereocenters. The summed E-state index contributed by atoms with van der Waals surface area (Å²) in [6.45, 7) is 8.72. The van der Waals surface area contributed by atoms with Gasteiger partial charge in [0.05, 0.1) is 46.0 Å². The number of hydrogen-bond donors (Lipinski definition) is 2. The summed E-state index contributed by atoms with van der Waals surface area (Å²) in [5.41, 5.74) is -0.465. The third-order valence-corrected chi connectivity index (χ3v) is 9.63. The van der Waals surface area contributed by atoms with Crippen molar-refractivity contribution in [3.05, 3.63) is 66.9 Å². The first kappa shape index (κ1) is 34.9. The van der Waals surface area contributed by atoms with Crippen LogP contribution in [0, 0.1) is 0 Å². The normalized spacial score (nSPS) is 16.9. The average Bonchev–Trinajstić information content (AvgIpc) is 3.67. The molecule has 49 heavy (non-hydrogen) atoms. The Labute approximate surface area is 288 Å². The number of carbonyl (C=O) groups excluding carboxylic acids is 2. The Bertz CT molecular complexity index is 1960. The number of ether oxygens (including phenoxy) is 2. The summed E-state index contributed by atoms with van der Waals surface area (Å²) in [6.07, 6.45) is -4.20. The lowest BCUT2D eigenvalue weighted by Gasteiger charge is -2.38. The third-order valence-electron chi connectivity index (χ3n) is 8.17. The zero-order valence-electron chi connectivity index (χ0n) is 27.2. The zero-order valence-corrected chi connectivity index (χ0v) is 28.8. The van der Waals surface area contributed by atoms with Gasteiger partial charge in [-0.25, -0.2) is 4.79 Å². The molecule has 2 amide bonds. The van der Waals surface area contributed by atoms with Crippen LogP contribution >= 0.6 is 22.9 Å². The Kier molecular flexibility index (Phi) is 9.52. The van der Waals surface area contributed by atoms with Gasteiger partial charge in [0.2, 0.25) is 11.7 Å². The number of fused-ring (bicyclic) bond motifs is 2. The minimum atomic E-state index is -4.61. The van der Waals surface area contributed by atoms with Crippen LogP contribution in [0.2, 0.25) is 5.02 Å². The van der Waals surface area contributed by atoms with Gasteiger partial charge in [-0.15, -0.1) is 16.4 Å². The summed E-state index contributed by atoms with van der Waals surface area (Å²) in [4.78, 5) is 49.4. The van der Waals surface area contributed by atoms with Crippen molar-refractivity contribution in [3.8, 4) is 10.7 Å². The number of hydrogen-bond acceptors (Lipinski definition) is 9. The van der Waals surface area contributed by atoms with Gasteiger partial charge in [0.15, 0.2) is 5.82 Å². The summed E-state index contributed by atoms with van der Waals surface area (Å²) >= 11 is 7.60. The van der Waals surface area contributed by atoms with Crippen molar-refractivity contribution in [1.29, 1.82) is 0 Å². The number of halogens is 4. The van der Waals surface area contributed by atoms with Crippen LogP contribution in [-0.2, 0) is 46.4 Å². The Morgan fingerprint density at radius 1 is 1.22 bits per heavy atom. The van der Waals surface area contributed by atoms with Gasteiger partial charge in [0.25, 0.3) is 5.56 Å². The van der Waals surface area contributed by atoms with Crippen molar-refractivity contribution in [3.63, 3.8) is 0 Å². The molecule has 6 rings (SSSR count). The van der Waals surface area contributed by atoms with Gasteiger partial charge < -0.3 is 24.7 Å². The first-order valence-electron chi connectivity index (χ1n) is 15.7. The molecule has 1 unspecified atom stereocenters. The predicted octanol–water partition coefficient (Wildman–Crippen LogP) is 5.45. The van der Waals surface area contributed by atoms with Crippen LogP contribution < -0.4 is 16.2 Å². The van der Waals surface area contributed by atoms with E-state index < -0.39 is 47.5 Å². The molecule has 2 N–H and O–H groups in total. The number of aromatic nitrogens is 4. The average molecular weight is 722 g/mol. The Morgan fingerprint density at radius 3 is 2.67 bits per heavy atom. The van der Waals surface area contributed by atoms with Crippen LogP contribution in [0.25, 0.3) is 16.5 Å². The molecule has 0 aliphatic carbocycles. The SMILES string of the molecule is CCc1c(C2CNCCN2C(=O)OC(C)(C)C)c(=O)n2nc(-c3cc4c(s3)COCC4)nc2n1CC(=O)Nc1ccc(C(F)(F)F)cc1Cl. The fourth-order valence-corrected chi connectivity index (χ4v) is 7.30. The van der Waals surface area contributed by atoms with E-state index in [0.29, 0.717) is 25.5 Å². The number of amides is 2. The second-order valence-corrected chi connectivity index (χ2v) is 14.3. The molecule has 5 heterocycles. The molecule has 0 radical (unpaired) electrons. The summed E-state index contributed by atoms with van der Waals surface area (Å²) in [7, 11) is 0. The molecule has 2 aliphatic rings. The van der Waals surface area contributed by atoms with E-state index in [-0.39, 0.29) is 47.4 Å². The number of rotatable bonds is 6. The third kappa shape index (κ3) is 7.18. The molecule has 2 aliphatic heterocycles. The maximum atomic E-state index is 14.4. The number of nitrogens with one attached hydrogen (secondary N) is 2. The standard InChI is InChI=1S/C32H35ClF3N7O5S/c1-5-21-26(22-14-37-9-10-41(22)30(46)48-31(2,3)4)28(45)43-29(39-27(40-43)23-12-17-8-11-47-16-24(17)49-23)42(21)15-25(44)38-20-7-6-18(13-19(20)33)32(34,35)36/h6-7,12-13,22,37H,5,8-11,14-16H2,1-4H3,(H,38,44). The summed E-state index contributed by atoms with van der Waals surface area (Å²) in [6, 6.07) is 3.85. The van der Waals surface area contributed by atoms with Crippen LogP contribution in [-0.4, -0.2) is 67.9 Å². The largest absolute Gasteiger partial charge is 0.444 e. The van der Waals surface area contributed by atoms with E-state index in [9.17, 15) is 27.6 Å². The summed E-state index contributed by atoms with van der Waals surface area (Å²) in [5, 5.41) is 10.2. The number of benzene rings is 1. The Balaban J connectivity index is 1.46. The molecule has 12 nitrogen and oxygen atoms in total. The Hall–Kier alpha value is -3.99. The molecular formula is C32H35ClF3N7O5S. The summed E-state index contributed by atoms with van der Waals surface area (Å²) < 4.78 is 53.6. The lowest BCUT2D eigenvalue weighted by molar-refractivity contribution is -0.137. The topological polar surface area (TPSA) is 132 Å². The number of alkyl halides is 3. The quantitative estimate of drug-likeness (QED) is 0.269. The number of piperazine rings is 1. The highest BCUT2D eigenvalue weighted by Crippen LogP contribution is 2.35. The van der Waals surface area contributed by atoms with Crippen molar-refractivity contribution in [2.45, 2.75) is 71.5 Å². The molecule has 0 bridgehead atoms. The second kappa shape index (κ2) is 13.4. The molecule has 1 fully saturated rings. The molecule has 262 valence electrons. The molecule has 4 aromatic rings. The van der Waals surface area contributed by atoms with Gasteiger partial charge in [0, 0.05) is 30.2 Å². The highest BCUT2D eigenvalue weighted by molar-refractivity contribution is 7.15. The lowest BCUT2D eigenvalue weighted by atomic mass is 10.0. The number of carbonyl (C=O) groups is 2. The zero-order chi connectivity index (χ0) is 35.2. The smallest absolute Gasteiger partial charge is 0.416 e. The van der Waals surface area contributed by atoms with Gasteiger partial charge in [-0.1, -0.05) is 18.5 Å². The van der Waals surface area contributed by atoms with E-state index >= 15 is 0 Å². The number of nitrogens with zero attached hydrogens (tertiary/aromatic N) is 5. The van der Waals surface area contributed by atoms with Crippen molar-refractivity contribution in [1.82, 2.24) is 29.4 Å². The van der Waals surface area contributed by atoms with Gasteiger partial charge in [0.1, 0.15) is 12.1 Å². The molecule has 3 aromatic heterocycles. The first-order chi connectivity index (χ1) is 23.1. The fraction of sp³-hybridized carbons (Fsp3) is 0.469. The van der Waals surface area contributed by atoms with Crippen LogP contribution in [0.1, 0.15) is 61.0 Å². The molecule has 0 spiro atoms. The molecule has 0 saturated carbocycles. The number of anilines is 1. The van der Waals surface area contributed by atoms with Gasteiger partial charge in [-0.3, -0.25) is 14.5 Å². The highest BCUT2D eigenvalue weighted by atomic mass is 35.5. The van der Waals surface area contributed by atoms with Crippen molar-refractivity contribution in [2.75, 3.05) is 31.6 Å². The molecule has 1 aromatic carbocycles.